The average Bonchev–Trinajstić information content (AvgIpc) is 2.66. The maximum atomic E-state index is 13.1. The highest BCUT2D eigenvalue weighted by atomic mass is 32.2. The van der Waals surface area contributed by atoms with Crippen molar-refractivity contribution in [2.45, 2.75) is 12.8 Å². The third kappa shape index (κ3) is 3.28. The zero-order chi connectivity index (χ0) is 19.0. The molecule has 0 saturated carbocycles. The van der Waals surface area contributed by atoms with Crippen molar-refractivity contribution >= 4 is 38.9 Å². The van der Waals surface area contributed by atoms with Gasteiger partial charge in [-0.2, -0.15) is 0 Å². The molecule has 1 N–H and O–H groups in total. The van der Waals surface area contributed by atoms with E-state index in [2.05, 4.69) is 5.32 Å². The number of fused-ring (bicyclic) bond motifs is 1. The lowest BCUT2D eigenvalue weighted by molar-refractivity contribution is -0.115. The molecule has 140 valence electrons. The van der Waals surface area contributed by atoms with Gasteiger partial charge in [-0.15, -0.1) is 0 Å². The molecule has 7 nitrogen and oxygen atoms in total. The van der Waals surface area contributed by atoms with E-state index >= 15 is 0 Å². The minimum Gasteiger partial charge on any atom is -0.323 e. The monoisotopic (exact) mass is 385 g/mol. The molecule has 2 aromatic carbocycles. The van der Waals surface area contributed by atoms with Crippen molar-refractivity contribution in [3.05, 3.63) is 54.1 Å². The van der Waals surface area contributed by atoms with Gasteiger partial charge in [-0.3, -0.25) is 18.8 Å². The second-order valence-corrected chi connectivity index (χ2v) is 8.62. The van der Waals surface area contributed by atoms with Crippen LogP contribution in [0.2, 0.25) is 0 Å². The largest absolute Gasteiger partial charge is 0.323 e. The van der Waals surface area contributed by atoms with Crippen LogP contribution in [0.25, 0.3) is 0 Å². The second kappa shape index (κ2) is 6.70. The van der Waals surface area contributed by atoms with Crippen molar-refractivity contribution in [2.24, 2.45) is 0 Å². The van der Waals surface area contributed by atoms with Gasteiger partial charge in [0.05, 0.1) is 22.8 Å². The number of carbonyl (C=O) groups is 2. The first-order valence-electron chi connectivity index (χ1n) is 8.77. The fraction of sp³-hybridized carbons (Fsp3) is 0.263. The number of rotatable bonds is 2. The van der Waals surface area contributed by atoms with Crippen LogP contribution in [0.4, 0.5) is 17.1 Å². The normalized spacial score (nSPS) is 18.6. The highest BCUT2D eigenvalue weighted by Gasteiger charge is 2.29. The second-order valence-electron chi connectivity index (χ2n) is 6.60. The van der Waals surface area contributed by atoms with Gasteiger partial charge in [0, 0.05) is 12.1 Å². The first-order valence-corrected chi connectivity index (χ1v) is 10.4. The van der Waals surface area contributed by atoms with E-state index in [-0.39, 0.29) is 24.1 Å². The van der Waals surface area contributed by atoms with Crippen LogP contribution in [0.5, 0.6) is 0 Å². The van der Waals surface area contributed by atoms with Crippen LogP contribution in [-0.4, -0.2) is 39.1 Å². The third-order valence-electron chi connectivity index (χ3n) is 4.75. The van der Waals surface area contributed by atoms with Gasteiger partial charge in [-0.1, -0.05) is 18.2 Å². The smallest absolute Gasteiger partial charge is 0.258 e. The predicted molar refractivity (Wildman–Crippen MR) is 104 cm³/mol. The van der Waals surface area contributed by atoms with E-state index in [9.17, 15) is 18.0 Å². The number of sulfonamides is 1. The maximum absolute atomic E-state index is 13.1. The Labute approximate surface area is 157 Å². The number of carbonyl (C=O) groups excluding carboxylic acids is 2. The molecule has 0 bridgehead atoms. The average molecular weight is 385 g/mol. The van der Waals surface area contributed by atoms with Crippen molar-refractivity contribution in [3.63, 3.8) is 0 Å². The summed E-state index contributed by atoms with van der Waals surface area (Å²) in [5.74, 6) is -0.490. The van der Waals surface area contributed by atoms with Crippen LogP contribution in [0, 0.1) is 0 Å². The maximum Gasteiger partial charge on any atom is 0.258 e. The van der Waals surface area contributed by atoms with Crippen molar-refractivity contribution < 1.29 is 18.0 Å². The van der Waals surface area contributed by atoms with Gasteiger partial charge in [0.25, 0.3) is 5.91 Å². The molecule has 27 heavy (non-hydrogen) atoms. The molecule has 4 rings (SSSR count). The molecule has 2 amide bonds. The van der Waals surface area contributed by atoms with Crippen molar-refractivity contribution in [1.29, 1.82) is 0 Å². The minimum atomic E-state index is -3.36. The Morgan fingerprint density at radius 3 is 2.67 bits per heavy atom. The van der Waals surface area contributed by atoms with Crippen molar-refractivity contribution in [1.82, 2.24) is 0 Å². The lowest BCUT2D eigenvalue weighted by Crippen LogP contribution is -2.42. The standard InChI is InChI=1S/C19H19N3O4S/c23-18-13-21(17-9-2-1-8-16(17)20-18)19(24)14-6-5-7-15(12-14)22-10-3-4-11-27(22,25)26/h1-2,5-9,12H,3-4,10-11,13H2,(H,20,23). The number of nitrogens with zero attached hydrogens (tertiary/aromatic N) is 2. The summed E-state index contributed by atoms with van der Waals surface area (Å²) in [5, 5.41) is 2.75. The first kappa shape index (κ1) is 17.5. The number of hydrogen-bond acceptors (Lipinski definition) is 4. The number of nitrogens with one attached hydrogen (secondary N) is 1. The number of anilines is 3. The zero-order valence-corrected chi connectivity index (χ0v) is 15.4. The van der Waals surface area contributed by atoms with E-state index in [1.165, 1.54) is 9.21 Å². The highest BCUT2D eigenvalue weighted by Crippen LogP contribution is 2.31. The van der Waals surface area contributed by atoms with Gasteiger partial charge < -0.3 is 5.32 Å². The number of benzene rings is 2. The molecule has 1 fully saturated rings. The van der Waals surface area contributed by atoms with Crippen molar-refractivity contribution in [2.75, 3.05) is 33.4 Å². The van der Waals surface area contributed by atoms with Crippen LogP contribution < -0.4 is 14.5 Å². The Bertz CT molecular complexity index is 1020. The van der Waals surface area contributed by atoms with Crippen LogP contribution in [-0.2, 0) is 14.8 Å². The van der Waals surface area contributed by atoms with E-state index in [4.69, 9.17) is 0 Å². The fourth-order valence-electron chi connectivity index (χ4n) is 3.44. The number of para-hydroxylation sites is 2. The Morgan fingerprint density at radius 1 is 1.04 bits per heavy atom. The van der Waals surface area contributed by atoms with E-state index in [0.29, 0.717) is 35.6 Å². The van der Waals surface area contributed by atoms with Crippen LogP contribution in [0.1, 0.15) is 23.2 Å². The minimum absolute atomic E-state index is 0.0813. The van der Waals surface area contributed by atoms with Crippen LogP contribution in [0.15, 0.2) is 48.5 Å². The molecular formula is C19H19N3O4S. The number of hydrogen-bond donors (Lipinski definition) is 1. The third-order valence-corrected chi connectivity index (χ3v) is 6.62. The molecule has 1 saturated heterocycles. The Hall–Kier alpha value is -2.87. The molecule has 0 aliphatic carbocycles. The molecule has 0 atom stereocenters. The van der Waals surface area contributed by atoms with Crippen LogP contribution in [0.3, 0.4) is 0 Å². The molecule has 2 aromatic rings. The summed E-state index contributed by atoms with van der Waals surface area (Å²) in [6, 6.07) is 13.7. The summed E-state index contributed by atoms with van der Waals surface area (Å²) >= 11 is 0. The molecule has 0 aromatic heterocycles. The van der Waals surface area contributed by atoms with Gasteiger partial charge >= 0.3 is 0 Å². The summed E-state index contributed by atoms with van der Waals surface area (Å²) in [7, 11) is -3.36. The SMILES string of the molecule is O=C1CN(C(=O)c2cccc(N3CCCCS3(=O)=O)c2)c2ccccc2N1. The molecule has 0 spiro atoms. The summed E-state index contributed by atoms with van der Waals surface area (Å²) in [5.41, 5.74) is 2.03. The Kier molecular flexibility index (Phi) is 4.35. The molecule has 2 aliphatic heterocycles. The summed E-state index contributed by atoms with van der Waals surface area (Å²) in [4.78, 5) is 26.5. The summed E-state index contributed by atoms with van der Waals surface area (Å²) in [6.07, 6.45) is 1.44. The molecular weight excluding hydrogens is 366 g/mol. The zero-order valence-electron chi connectivity index (χ0n) is 14.6. The quantitative estimate of drug-likeness (QED) is 0.859. The van der Waals surface area contributed by atoms with Gasteiger partial charge in [-0.25, -0.2) is 8.42 Å². The van der Waals surface area contributed by atoms with E-state index in [0.717, 1.165) is 6.42 Å². The summed E-state index contributed by atoms with van der Waals surface area (Å²) < 4.78 is 26.1. The lowest BCUT2D eigenvalue weighted by atomic mass is 10.1. The molecule has 0 radical (unpaired) electrons. The molecule has 2 heterocycles. The Morgan fingerprint density at radius 2 is 1.85 bits per heavy atom. The summed E-state index contributed by atoms with van der Waals surface area (Å²) in [6.45, 7) is 0.330. The van der Waals surface area contributed by atoms with E-state index in [1.54, 1.807) is 48.5 Å². The lowest BCUT2D eigenvalue weighted by Gasteiger charge is -2.30. The highest BCUT2D eigenvalue weighted by molar-refractivity contribution is 7.92. The topological polar surface area (TPSA) is 86.8 Å². The molecule has 0 unspecified atom stereocenters. The van der Waals surface area contributed by atoms with Crippen LogP contribution >= 0.6 is 0 Å². The van der Waals surface area contributed by atoms with Gasteiger partial charge in [0.2, 0.25) is 15.9 Å². The fourth-order valence-corrected chi connectivity index (χ4v) is 5.07. The number of amides is 2. The molecule has 8 heteroatoms. The molecule has 2 aliphatic rings. The Balaban J connectivity index is 1.69. The first-order chi connectivity index (χ1) is 13.0. The van der Waals surface area contributed by atoms with Gasteiger partial charge in [0.15, 0.2) is 0 Å². The van der Waals surface area contributed by atoms with Gasteiger partial charge in [-0.05, 0) is 43.2 Å². The predicted octanol–water partition coefficient (Wildman–Crippen LogP) is 2.22. The van der Waals surface area contributed by atoms with Crippen molar-refractivity contribution in [3.8, 4) is 0 Å². The van der Waals surface area contributed by atoms with E-state index in [1.807, 2.05) is 0 Å². The van der Waals surface area contributed by atoms with E-state index < -0.39 is 10.0 Å². The van der Waals surface area contributed by atoms with Gasteiger partial charge in [0.1, 0.15) is 6.54 Å².